The Labute approximate surface area is 108 Å². The Balaban J connectivity index is 0.000000244. The number of rotatable bonds is 0. The molecule has 0 saturated heterocycles. The van der Waals surface area contributed by atoms with Crippen LogP contribution in [0.2, 0.25) is 0 Å². The third-order valence-electron chi connectivity index (χ3n) is 1.65. The van der Waals surface area contributed by atoms with E-state index in [-0.39, 0.29) is 0 Å². The van der Waals surface area contributed by atoms with E-state index < -0.39 is 0 Å². The van der Waals surface area contributed by atoms with E-state index in [1.807, 2.05) is 61.9 Å². The van der Waals surface area contributed by atoms with E-state index in [1.165, 1.54) is 5.56 Å². The maximum Gasteiger partial charge on any atom is 0.0452 e. The van der Waals surface area contributed by atoms with Crippen molar-refractivity contribution in [3.63, 3.8) is 0 Å². The Kier molecular flexibility index (Phi) is 8.77. The molecule has 3 heteroatoms. The van der Waals surface area contributed by atoms with Gasteiger partial charge in [0.25, 0.3) is 0 Å². The van der Waals surface area contributed by atoms with E-state index in [0.717, 1.165) is 10.6 Å². The number of anilines is 1. The van der Waals surface area contributed by atoms with Gasteiger partial charge in [0, 0.05) is 16.0 Å². The van der Waals surface area contributed by atoms with Crippen LogP contribution in [-0.2, 0) is 0 Å². The first-order valence-corrected chi connectivity index (χ1v) is 6.61. The summed E-state index contributed by atoms with van der Waals surface area (Å²) in [5.41, 5.74) is 7.54. The molecule has 0 saturated carbocycles. The molecule has 2 N–H and O–H groups in total. The molecule has 0 amide bonds. The first-order chi connectivity index (χ1) is 7.70. The quantitative estimate of drug-likeness (QED) is 0.657. The van der Waals surface area contributed by atoms with Gasteiger partial charge < -0.3 is 5.73 Å². The molecule has 0 aliphatic rings. The van der Waals surface area contributed by atoms with Gasteiger partial charge in [-0.15, -0.1) is 24.0 Å². The molecule has 2 aromatic rings. The average Bonchev–Trinajstić information content (AvgIpc) is 2.68. The smallest absolute Gasteiger partial charge is 0.0452 e. The highest BCUT2D eigenvalue weighted by Crippen LogP contribution is 2.14. The molecule has 88 valence electrons. The molecule has 0 spiro atoms. The van der Waals surface area contributed by atoms with Crippen LogP contribution in [0.25, 0.3) is 0 Å². The minimum atomic E-state index is 0.907. The Morgan fingerprint density at radius 2 is 1.62 bits per heavy atom. The summed E-state index contributed by atoms with van der Waals surface area (Å²) in [5.74, 6) is 0. The van der Waals surface area contributed by atoms with Crippen LogP contribution in [-0.4, -0.2) is 0 Å². The SMILES string of the molecule is CC.Cc1cscc1N.Sc1ccccc1. The van der Waals surface area contributed by atoms with Gasteiger partial charge in [-0.05, 0) is 30.0 Å². The predicted octanol–water partition coefficient (Wildman–Crippen LogP) is 4.64. The number of nitrogens with two attached hydrogens (primary N) is 1. The van der Waals surface area contributed by atoms with E-state index in [1.54, 1.807) is 11.3 Å². The van der Waals surface area contributed by atoms with Crippen LogP contribution in [0.3, 0.4) is 0 Å². The molecule has 1 nitrogen and oxygen atoms in total. The van der Waals surface area contributed by atoms with Crippen molar-refractivity contribution in [1.29, 1.82) is 0 Å². The molecular formula is C13H19NS2. The fourth-order valence-corrected chi connectivity index (χ4v) is 1.71. The number of aryl methyl sites for hydroxylation is 1. The van der Waals surface area contributed by atoms with Crippen LogP contribution < -0.4 is 5.73 Å². The van der Waals surface area contributed by atoms with E-state index in [4.69, 9.17) is 5.73 Å². The largest absolute Gasteiger partial charge is 0.398 e. The van der Waals surface area contributed by atoms with Crippen molar-refractivity contribution in [3.8, 4) is 0 Å². The van der Waals surface area contributed by atoms with Crippen LogP contribution in [0.5, 0.6) is 0 Å². The van der Waals surface area contributed by atoms with E-state index >= 15 is 0 Å². The lowest BCUT2D eigenvalue weighted by molar-refractivity contribution is 1.48. The van der Waals surface area contributed by atoms with Crippen LogP contribution in [0.1, 0.15) is 19.4 Å². The average molecular weight is 253 g/mol. The molecule has 0 unspecified atom stereocenters. The summed E-state index contributed by atoms with van der Waals surface area (Å²) in [6, 6.07) is 9.79. The standard InChI is InChI=1S/C6H6S.C5H7NS.C2H6/c7-6-4-2-1-3-5-6;1-4-2-7-3-5(4)6;1-2/h1-5,7H;2-3H,6H2,1H3;1-2H3. The summed E-state index contributed by atoms with van der Waals surface area (Å²) in [5, 5.41) is 3.98. The number of nitrogen functional groups attached to an aromatic ring is 1. The summed E-state index contributed by atoms with van der Waals surface area (Å²) in [6.45, 7) is 6.01. The number of thiol groups is 1. The molecule has 1 aromatic carbocycles. The van der Waals surface area contributed by atoms with E-state index in [9.17, 15) is 0 Å². The van der Waals surface area contributed by atoms with Gasteiger partial charge in [-0.1, -0.05) is 32.0 Å². The predicted molar refractivity (Wildman–Crippen MR) is 78.5 cm³/mol. The summed E-state index contributed by atoms with van der Waals surface area (Å²) in [4.78, 5) is 1.02. The third kappa shape index (κ3) is 6.53. The van der Waals surface area contributed by atoms with Gasteiger partial charge in [0.15, 0.2) is 0 Å². The topological polar surface area (TPSA) is 26.0 Å². The number of thiophene rings is 1. The minimum Gasteiger partial charge on any atom is -0.398 e. The monoisotopic (exact) mass is 253 g/mol. The van der Waals surface area contributed by atoms with Gasteiger partial charge in [0.05, 0.1) is 0 Å². The van der Waals surface area contributed by atoms with Crippen LogP contribution in [0.15, 0.2) is 46.0 Å². The maximum atomic E-state index is 5.45. The molecule has 2 rings (SSSR count). The molecular weight excluding hydrogens is 234 g/mol. The molecule has 0 radical (unpaired) electrons. The molecule has 0 bridgehead atoms. The minimum absolute atomic E-state index is 0.907. The third-order valence-corrected chi connectivity index (χ3v) is 2.83. The van der Waals surface area contributed by atoms with Crippen LogP contribution in [0, 0.1) is 6.92 Å². The van der Waals surface area contributed by atoms with Crippen molar-refractivity contribution in [2.24, 2.45) is 0 Å². The van der Waals surface area contributed by atoms with E-state index in [2.05, 4.69) is 12.6 Å². The fourth-order valence-electron chi connectivity index (χ4n) is 0.798. The summed E-state index contributed by atoms with van der Waals surface area (Å²) in [6.07, 6.45) is 0. The molecule has 1 heterocycles. The zero-order valence-electron chi connectivity index (χ0n) is 9.97. The first kappa shape index (κ1) is 15.1. The number of hydrogen-bond acceptors (Lipinski definition) is 3. The number of hydrogen-bond donors (Lipinski definition) is 2. The highest BCUT2D eigenvalue weighted by atomic mass is 32.1. The van der Waals surface area contributed by atoms with Crippen molar-refractivity contribution >= 4 is 29.7 Å². The van der Waals surface area contributed by atoms with Crippen LogP contribution in [0.4, 0.5) is 5.69 Å². The molecule has 0 atom stereocenters. The zero-order valence-corrected chi connectivity index (χ0v) is 11.7. The summed E-state index contributed by atoms with van der Waals surface area (Å²) in [7, 11) is 0. The van der Waals surface area contributed by atoms with Gasteiger partial charge in [0.1, 0.15) is 0 Å². The maximum absolute atomic E-state index is 5.45. The fraction of sp³-hybridized carbons (Fsp3) is 0.231. The highest BCUT2D eigenvalue weighted by Gasteiger charge is 1.87. The molecule has 0 fully saturated rings. The van der Waals surface area contributed by atoms with Crippen molar-refractivity contribution in [3.05, 3.63) is 46.7 Å². The van der Waals surface area contributed by atoms with Crippen molar-refractivity contribution in [2.75, 3.05) is 5.73 Å². The lowest BCUT2D eigenvalue weighted by atomic mass is 10.3. The van der Waals surface area contributed by atoms with Crippen molar-refractivity contribution in [2.45, 2.75) is 25.7 Å². The summed E-state index contributed by atoms with van der Waals surface area (Å²) < 4.78 is 0. The normalized spacial score (nSPS) is 8.25. The van der Waals surface area contributed by atoms with Crippen molar-refractivity contribution in [1.82, 2.24) is 0 Å². The van der Waals surface area contributed by atoms with Gasteiger partial charge in [-0.2, -0.15) is 0 Å². The van der Waals surface area contributed by atoms with Gasteiger partial charge >= 0.3 is 0 Å². The second-order valence-electron chi connectivity index (χ2n) is 2.85. The molecule has 16 heavy (non-hydrogen) atoms. The van der Waals surface area contributed by atoms with E-state index in [0.29, 0.717) is 0 Å². The highest BCUT2D eigenvalue weighted by molar-refractivity contribution is 7.80. The lowest BCUT2D eigenvalue weighted by Crippen LogP contribution is -1.80. The van der Waals surface area contributed by atoms with Crippen LogP contribution >= 0.6 is 24.0 Å². The molecule has 0 aliphatic heterocycles. The molecule has 1 aromatic heterocycles. The number of benzene rings is 1. The Morgan fingerprint density at radius 1 is 1.06 bits per heavy atom. The van der Waals surface area contributed by atoms with Gasteiger partial charge in [-0.3, -0.25) is 0 Å². The second-order valence-corrected chi connectivity index (χ2v) is 4.11. The van der Waals surface area contributed by atoms with Crippen molar-refractivity contribution < 1.29 is 0 Å². The summed E-state index contributed by atoms with van der Waals surface area (Å²) >= 11 is 5.73. The lowest BCUT2D eigenvalue weighted by Gasteiger charge is -1.81. The Bertz CT molecular complexity index is 352. The zero-order chi connectivity index (χ0) is 12.4. The van der Waals surface area contributed by atoms with Gasteiger partial charge in [-0.25, -0.2) is 0 Å². The molecule has 0 aliphatic carbocycles. The first-order valence-electron chi connectivity index (χ1n) is 5.22. The Hall–Kier alpha value is -0.930. The van der Waals surface area contributed by atoms with Gasteiger partial charge in [0.2, 0.25) is 0 Å². The Morgan fingerprint density at radius 3 is 1.81 bits per heavy atom. The second kappa shape index (κ2) is 9.31.